The molecular formula is C28H34N2O4. The molecular weight excluding hydrogens is 428 g/mol. The minimum atomic E-state index is -0.647. The molecule has 4 aromatic rings. The Balaban J connectivity index is 1.38. The van der Waals surface area contributed by atoms with Crippen LogP contribution < -0.4 is 14.2 Å². The van der Waals surface area contributed by atoms with Crippen LogP contribution in [-0.2, 0) is 0 Å². The topological polar surface area (TPSA) is 67.0 Å². The van der Waals surface area contributed by atoms with E-state index in [1.807, 2.05) is 54.6 Å². The number of aliphatic hydroxyl groups is 1. The normalized spacial score (nSPS) is 12.9. The maximum atomic E-state index is 10.8. The molecule has 1 atom stereocenters. The van der Waals surface area contributed by atoms with E-state index < -0.39 is 6.10 Å². The smallest absolute Gasteiger partial charge is 0.161 e. The van der Waals surface area contributed by atoms with Gasteiger partial charge in [0.25, 0.3) is 0 Å². The van der Waals surface area contributed by atoms with Gasteiger partial charge < -0.3 is 24.3 Å². The highest BCUT2D eigenvalue weighted by molar-refractivity contribution is 6.10. The second kappa shape index (κ2) is 10.4. The average molecular weight is 463 g/mol. The molecule has 0 amide bonds. The lowest BCUT2D eigenvalue weighted by Crippen LogP contribution is -2.48. The molecule has 34 heavy (non-hydrogen) atoms. The maximum absolute atomic E-state index is 10.8. The summed E-state index contributed by atoms with van der Waals surface area (Å²) in [6.07, 6.45) is -0.647. The van der Waals surface area contributed by atoms with Crippen LogP contribution in [0.15, 0.2) is 66.7 Å². The van der Waals surface area contributed by atoms with E-state index >= 15 is 0 Å². The third-order valence-electron chi connectivity index (χ3n) is 5.99. The molecule has 0 aliphatic carbocycles. The van der Waals surface area contributed by atoms with Crippen LogP contribution in [0.25, 0.3) is 21.8 Å². The standard InChI is InChI=1S/C28H34N2O4/c1-28(2,3)30(16-17-33-25-14-8-7-13-24(25)32-4)18-20(31)19-34-26-15-9-12-23-27(26)21-10-5-6-11-22(21)29-23/h5-15,20,29,31H,16-19H2,1-4H3. The molecule has 6 nitrogen and oxygen atoms in total. The third kappa shape index (κ3) is 5.46. The zero-order chi connectivity index (χ0) is 24.1. The van der Waals surface area contributed by atoms with E-state index in [2.05, 4.69) is 42.8 Å². The summed E-state index contributed by atoms with van der Waals surface area (Å²) in [5.74, 6) is 2.20. The molecule has 1 aromatic heterocycles. The molecule has 1 heterocycles. The molecule has 0 bridgehead atoms. The average Bonchev–Trinajstić information content (AvgIpc) is 3.21. The first-order chi connectivity index (χ1) is 16.4. The fourth-order valence-electron chi connectivity index (χ4n) is 4.19. The van der Waals surface area contributed by atoms with Gasteiger partial charge in [-0.1, -0.05) is 36.4 Å². The first-order valence-electron chi connectivity index (χ1n) is 11.7. The van der Waals surface area contributed by atoms with Crippen molar-refractivity contribution in [1.29, 1.82) is 0 Å². The molecule has 6 heteroatoms. The van der Waals surface area contributed by atoms with E-state index in [1.54, 1.807) is 7.11 Å². The minimum absolute atomic E-state index is 0.137. The number of aliphatic hydroxyl groups excluding tert-OH is 1. The summed E-state index contributed by atoms with van der Waals surface area (Å²) in [6, 6.07) is 21.8. The highest BCUT2D eigenvalue weighted by atomic mass is 16.5. The highest BCUT2D eigenvalue weighted by Gasteiger charge is 2.24. The molecule has 0 aliphatic rings. The molecule has 1 unspecified atom stereocenters. The van der Waals surface area contributed by atoms with Crippen molar-refractivity contribution in [3.63, 3.8) is 0 Å². The van der Waals surface area contributed by atoms with E-state index in [9.17, 15) is 5.11 Å². The minimum Gasteiger partial charge on any atom is -0.493 e. The quantitative estimate of drug-likeness (QED) is 0.337. The number of benzene rings is 3. The first kappa shape index (κ1) is 23.9. The second-order valence-electron chi connectivity index (χ2n) is 9.43. The fourth-order valence-corrected chi connectivity index (χ4v) is 4.19. The van der Waals surface area contributed by atoms with E-state index in [0.717, 1.165) is 33.3 Å². The van der Waals surface area contributed by atoms with Crippen molar-refractivity contribution in [3.05, 3.63) is 66.7 Å². The molecule has 0 saturated carbocycles. The van der Waals surface area contributed by atoms with Gasteiger partial charge in [0.1, 0.15) is 25.1 Å². The highest BCUT2D eigenvalue weighted by Crippen LogP contribution is 2.33. The lowest BCUT2D eigenvalue weighted by atomic mass is 10.1. The van der Waals surface area contributed by atoms with Gasteiger partial charge in [-0.3, -0.25) is 4.90 Å². The number of para-hydroxylation sites is 3. The number of aromatic amines is 1. The van der Waals surface area contributed by atoms with Gasteiger partial charge in [-0.15, -0.1) is 0 Å². The van der Waals surface area contributed by atoms with E-state index in [1.165, 1.54) is 0 Å². The Morgan fingerprint density at radius 3 is 2.29 bits per heavy atom. The van der Waals surface area contributed by atoms with Crippen molar-refractivity contribution in [2.75, 3.05) is 33.4 Å². The number of hydrogen-bond donors (Lipinski definition) is 2. The number of rotatable bonds is 10. The number of nitrogens with one attached hydrogen (secondary N) is 1. The van der Waals surface area contributed by atoms with Crippen molar-refractivity contribution < 1.29 is 19.3 Å². The van der Waals surface area contributed by atoms with Crippen LogP contribution >= 0.6 is 0 Å². The Bertz CT molecular complexity index is 1230. The molecule has 3 aromatic carbocycles. The molecule has 180 valence electrons. The summed E-state index contributed by atoms with van der Waals surface area (Å²) < 4.78 is 17.4. The first-order valence-corrected chi connectivity index (χ1v) is 11.7. The molecule has 0 radical (unpaired) electrons. The largest absolute Gasteiger partial charge is 0.493 e. The molecule has 4 rings (SSSR count). The van der Waals surface area contributed by atoms with E-state index in [4.69, 9.17) is 14.2 Å². The third-order valence-corrected chi connectivity index (χ3v) is 5.99. The molecule has 0 saturated heterocycles. The number of methoxy groups -OCH3 is 1. The number of aromatic nitrogens is 1. The summed E-state index contributed by atoms with van der Waals surface area (Å²) in [5.41, 5.74) is 1.96. The lowest BCUT2D eigenvalue weighted by molar-refractivity contribution is 0.0265. The van der Waals surface area contributed by atoms with E-state index in [-0.39, 0.29) is 12.1 Å². The molecule has 0 spiro atoms. The number of fused-ring (bicyclic) bond motifs is 3. The summed E-state index contributed by atoms with van der Waals surface area (Å²) >= 11 is 0. The number of H-pyrrole nitrogens is 1. The van der Waals surface area contributed by atoms with Crippen LogP contribution in [0.4, 0.5) is 0 Å². The Morgan fingerprint density at radius 1 is 0.853 bits per heavy atom. The summed E-state index contributed by atoms with van der Waals surface area (Å²) in [7, 11) is 1.64. The Kier molecular flexibility index (Phi) is 7.29. The van der Waals surface area contributed by atoms with Gasteiger partial charge in [0.15, 0.2) is 11.5 Å². The maximum Gasteiger partial charge on any atom is 0.161 e. The predicted molar refractivity (Wildman–Crippen MR) is 137 cm³/mol. The van der Waals surface area contributed by atoms with Crippen molar-refractivity contribution in [2.24, 2.45) is 0 Å². The van der Waals surface area contributed by atoms with Gasteiger partial charge in [0.05, 0.1) is 12.6 Å². The van der Waals surface area contributed by atoms with Crippen LogP contribution in [0, 0.1) is 0 Å². The fraction of sp³-hybridized carbons (Fsp3) is 0.357. The van der Waals surface area contributed by atoms with Crippen molar-refractivity contribution in [2.45, 2.75) is 32.4 Å². The van der Waals surface area contributed by atoms with E-state index in [0.29, 0.717) is 25.4 Å². The number of β-amino-alcohol motifs (C(OH)–C–C–N with tert-alkyl or cyclic N) is 1. The van der Waals surface area contributed by atoms with Crippen molar-refractivity contribution in [3.8, 4) is 17.2 Å². The van der Waals surface area contributed by atoms with Gasteiger partial charge in [-0.05, 0) is 51.1 Å². The van der Waals surface area contributed by atoms with Gasteiger partial charge in [-0.25, -0.2) is 0 Å². The van der Waals surface area contributed by atoms with Gasteiger partial charge in [0.2, 0.25) is 0 Å². The monoisotopic (exact) mass is 462 g/mol. The van der Waals surface area contributed by atoms with Crippen LogP contribution in [0.1, 0.15) is 20.8 Å². The Hall–Kier alpha value is -3.22. The molecule has 0 aliphatic heterocycles. The Morgan fingerprint density at radius 2 is 1.53 bits per heavy atom. The zero-order valence-electron chi connectivity index (χ0n) is 20.4. The lowest BCUT2D eigenvalue weighted by Gasteiger charge is -2.36. The number of ether oxygens (including phenoxy) is 3. The van der Waals surface area contributed by atoms with Gasteiger partial charge in [0, 0.05) is 34.9 Å². The van der Waals surface area contributed by atoms with Gasteiger partial charge >= 0.3 is 0 Å². The number of hydrogen-bond acceptors (Lipinski definition) is 5. The van der Waals surface area contributed by atoms with Crippen LogP contribution in [0.5, 0.6) is 17.2 Å². The summed E-state index contributed by atoms with van der Waals surface area (Å²) in [4.78, 5) is 5.64. The number of nitrogens with zero attached hydrogens (tertiary/aromatic N) is 1. The SMILES string of the molecule is COc1ccccc1OCCN(CC(O)COc1cccc2[nH]c3ccccc3c12)C(C)(C)C. The van der Waals surface area contributed by atoms with Crippen LogP contribution in [0.3, 0.4) is 0 Å². The van der Waals surface area contributed by atoms with Crippen LogP contribution in [0.2, 0.25) is 0 Å². The second-order valence-corrected chi connectivity index (χ2v) is 9.43. The van der Waals surface area contributed by atoms with Crippen LogP contribution in [-0.4, -0.2) is 60.0 Å². The summed E-state index contributed by atoms with van der Waals surface area (Å²) in [6.45, 7) is 8.24. The molecule has 2 N–H and O–H groups in total. The van der Waals surface area contributed by atoms with Gasteiger partial charge in [-0.2, -0.15) is 0 Å². The summed E-state index contributed by atoms with van der Waals surface area (Å²) in [5, 5.41) is 13.0. The zero-order valence-corrected chi connectivity index (χ0v) is 20.4. The van der Waals surface area contributed by atoms with Crippen molar-refractivity contribution in [1.82, 2.24) is 9.88 Å². The van der Waals surface area contributed by atoms with Crippen molar-refractivity contribution >= 4 is 21.8 Å². The molecule has 0 fully saturated rings. The Labute approximate surface area is 201 Å². The predicted octanol–water partition coefficient (Wildman–Crippen LogP) is 5.25.